The summed E-state index contributed by atoms with van der Waals surface area (Å²) in [6.45, 7) is 16.5. The molecular weight excluding hydrogens is 536 g/mol. The molecule has 4 aliphatic heterocycles. The average Bonchev–Trinajstić information content (AvgIpc) is 3.50. The van der Waals surface area contributed by atoms with Crippen molar-refractivity contribution in [3.8, 4) is 0 Å². The number of piperidine rings is 1. The van der Waals surface area contributed by atoms with Gasteiger partial charge in [-0.3, -0.25) is 9.69 Å². The number of urea groups is 1. The molecule has 4 heterocycles. The van der Waals surface area contributed by atoms with Gasteiger partial charge in [-0.05, 0) is 48.5 Å². The Labute approximate surface area is 254 Å². The Morgan fingerprint density at radius 3 is 2.32 bits per heavy atom. The van der Waals surface area contributed by atoms with Crippen LogP contribution < -0.4 is 0 Å². The first-order chi connectivity index (χ1) is 19.0. The fourth-order valence-corrected chi connectivity index (χ4v) is 8.13. The molecule has 5 rings (SSSR count). The van der Waals surface area contributed by atoms with Gasteiger partial charge in [0.25, 0.3) is 0 Å². The maximum absolute atomic E-state index is 13.6. The molecule has 0 radical (unpaired) electrons. The molecule has 41 heavy (non-hydrogen) atoms. The Hall–Kier alpha value is -1.83. The molecule has 4 aliphatic rings. The molecule has 230 valence electrons. The van der Waals surface area contributed by atoms with E-state index in [0.717, 1.165) is 45.6 Å². The van der Waals surface area contributed by atoms with Crippen molar-refractivity contribution < 1.29 is 14.3 Å². The third kappa shape index (κ3) is 6.88. The zero-order valence-corrected chi connectivity index (χ0v) is 27.0. The summed E-state index contributed by atoms with van der Waals surface area (Å²) in [5.41, 5.74) is 1.29. The highest BCUT2D eigenvalue weighted by molar-refractivity contribution is 5.85. The minimum absolute atomic E-state index is 0. The largest absolute Gasteiger partial charge is 0.383 e. The van der Waals surface area contributed by atoms with Crippen molar-refractivity contribution in [3.05, 3.63) is 35.9 Å². The summed E-state index contributed by atoms with van der Waals surface area (Å²) in [5, 5.41) is 0. The first-order valence-corrected chi connectivity index (χ1v) is 15.6. The first-order valence-electron chi connectivity index (χ1n) is 15.6. The van der Waals surface area contributed by atoms with Gasteiger partial charge in [0.15, 0.2) is 0 Å². The minimum atomic E-state index is -0.0688. The first kappa shape index (κ1) is 32.1. The number of hydrogen-bond acceptors (Lipinski definition) is 4. The summed E-state index contributed by atoms with van der Waals surface area (Å²) < 4.78 is 5.34. The highest BCUT2D eigenvalue weighted by Crippen LogP contribution is 2.48. The molecule has 0 aromatic heterocycles. The number of methoxy groups -OCH3 is 1. The predicted octanol–water partition coefficient (Wildman–Crippen LogP) is 5.49. The third-order valence-corrected chi connectivity index (χ3v) is 9.82. The van der Waals surface area contributed by atoms with Gasteiger partial charge in [-0.1, -0.05) is 65.0 Å². The second-order valence-corrected chi connectivity index (χ2v) is 14.7. The van der Waals surface area contributed by atoms with E-state index in [4.69, 9.17) is 4.74 Å². The van der Waals surface area contributed by atoms with E-state index in [0.29, 0.717) is 55.3 Å². The number of rotatable bonds is 9. The molecule has 4 atom stereocenters. The van der Waals surface area contributed by atoms with Crippen LogP contribution in [0.4, 0.5) is 4.79 Å². The summed E-state index contributed by atoms with van der Waals surface area (Å²) in [6, 6.07) is 12.1. The molecule has 1 spiro atoms. The van der Waals surface area contributed by atoms with Crippen LogP contribution in [0, 0.1) is 17.3 Å². The molecule has 3 amide bonds. The lowest BCUT2D eigenvalue weighted by Crippen LogP contribution is -2.59. The van der Waals surface area contributed by atoms with Crippen LogP contribution in [0.5, 0.6) is 0 Å². The van der Waals surface area contributed by atoms with Crippen molar-refractivity contribution in [2.75, 3.05) is 53.0 Å². The number of nitrogens with zero attached hydrogens (tertiary/aromatic N) is 4. The molecule has 4 fully saturated rings. The summed E-state index contributed by atoms with van der Waals surface area (Å²) in [4.78, 5) is 36.1. The molecular formula is C33H53ClN4O3. The topological polar surface area (TPSA) is 56.3 Å². The zero-order valence-electron chi connectivity index (χ0n) is 26.2. The molecule has 1 aromatic rings. The fourth-order valence-electron chi connectivity index (χ4n) is 8.13. The van der Waals surface area contributed by atoms with Crippen LogP contribution in [0.3, 0.4) is 0 Å². The van der Waals surface area contributed by atoms with E-state index in [2.05, 4.69) is 79.7 Å². The quantitative estimate of drug-likeness (QED) is 0.383. The van der Waals surface area contributed by atoms with Gasteiger partial charge in [0.1, 0.15) is 0 Å². The summed E-state index contributed by atoms with van der Waals surface area (Å²) in [5.74, 6) is 1.54. The molecule has 2 bridgehead atoms. The number of carbonyl (C=O) groups excluding carboxylic acids is 2. The SMILES string of the molecule is COCCN1CC2(CC3CCC(C2)N3C[C@H]2CN(C(=O)CC(C)(C)C)C[C@@H]2c2ccccc2)N(CC(C)C)C1=O.Cl. The van der Waals surface area contributed by atoms with Crippen LogP contribution in [0.1, 0.15) is 78.2 Å². The standard InChI is InChI=1S/C33H52N4O3.ClH/c1-24(2)19-37-31(39)34(14-15-40-6)23-33(37)16-27-12-13-28(17-33)36(27)21-26-20-35(30(38)18-32(3,4)5)22-29(26)25-10-8-7-9-11-25;/h7-11,24,26-29H,12-23H2,1-6H3;1H/t26-,27?,28?,29-,33?;/m1./s1. The second-order valence-electron chi connectivity index (χ2n) is 14.7. The van der Waals surface area contributed by atoms with Crippen LogP contribution in [0.25, 0.3) is 0 Å². The molecule has 4 saturated heterocycles. The normalized spacial score (nSPS) is 30.1. The number of fused-ring (bicyclic) bond motifs is 2. The molecule has 7 nitrogen and oxygen atoms in total. The predicted molar refractivity (Wildman–Crippen MR) is 166 cm³/mol. The van der Waals surface area contributed by atoms with Crippen molar-refractivity contribution in [3.63, 3.8) is 0 Å². The van der Waals surface area contributed by atoms with E-state index in [9.17, 15) is 9.59 Å². The lowest BCUT2D eigenvalue weighted by Gasteiger charge is -2.49. The molecule has 1 aromatic carbocycles. The highest BCUT2D eigenvalue weighted by atomic mass is 35.5. The smallest absolute Gasteiger partial charge is 0.320 e. The van der Waals surface area contributed by atoms with Crippen LogP contribution in [0.2, 0.25) is 0 Å². The third-order valence-electron chi connectivity index (χ3n) is 9.82. The van der Waals surface area contributed by atoms with Gasteiger partial charge >= 0.3 is 6.03 Å². The van der Waals surface area contributed by atoms with E-state index < -0.39 is 0 Å². The molecule has 2 unspecified atom stereocenters. The average molecular weight is 589 g/mol. The fraction of sp³-hybridized carbons (Fsp3) is 0.758. The molecule has 0 aliphatic carbocycles. The van der Waals surface area contributed by atoms with Gasteiger partial charge in [-0.25, -0.2) is 4.79 Å². The number of amides is 3. The highest BCUT2D eigenvalue weighted by Gasteiger charge is 2.57. The lowest BCUT2D eigenvalue weighted by atomic mass is 9.80. The van der Waals surface area contributed by atoms with Gasteiger partial charge in [0.2, 0.25) is 5.91 Å². The number of likely N-dealkylation sites (tertiary alicyclic amines) is 1. The van der Waals surface area contributed by atoms with Crippen LogP contribution in [-0.4, -0.2) is 102 Å². The van der Waals surface area contributed by atoms with E-state index in [1.54, 1.807) is 7.11 Å². The Balaban J connectivity index is 0.00000387. The summed E-state index contributed by atoms with van der Waals surface area (Å²) in [7, 11) is 1.71. The number of benzene rings is 1. The van der Waals surface area contributed by atoms with Gasteiger partial charge < -0.3 is 19.4 Å². The molecule has 0 N–H and O–H groups in total. The van der Waals surface area contributed by atoms with Crippen LogP contribution in [0.15, 0.2) is 30.3 Å². The number of halogens is 1. The van der Waals surface area contributed by atoms with Gasteiger partial charge in [-0.2, -0.15) is 0 Å². The van der Waals surface area contributed by atoms with Crippen LogP contribution in [-0.2, 0) is 9.53 Å². The summed E-state index contributed by atoms with van der Waals surface area (Å²) in [6.07, 6.45) is 5.13. The lowest BCUT2D eigenvalue weighted by molar-refractivity contribution is -0.132. The van der Waals surface area contributed by atoms with Crippen molar-refractivity contribution >= 4 is 24.3 Å². The maximum Gasteiger partial charge on any atom is 0.320 e. The second kappa shape index (κ2) is 12.8. The number of carbonyl (C=O) groups is 2. The van der Waals surface area contributed by atoms with Gasteiger partial charge in [0, 0.05) is 70.8 Å². The Kier molecular flexibility index (Phi) is 10.0. The Morgan fingerprint density at radius 1 is 1.07 bits per heavy atom. The zero-order chi connectivity index (χ0) is 28.7. The molecule has 8 heteroatoms. The maximum atomic E-state index is 13.6. The van der Waals surface area contributed by atoms with Gasteiger partial charge in [-0.15, -0.1) is 12.4 Å². The monoisotopic (exact) mass is 588 g/mol. The van der Waals surface area contributed by atoms with E-state index in [1.165, 1.54) is 18.4 Å². The summed E-state index contributed by atoms with van der Waals surface area (Å²) >= 11 is 0. The number of hydrogen-bond donors (Lipinski definition) is 0. The van der Waals surface area contributed by atoms with Crippen molar-refractivity contribution in [2.24, 2.45) is 17.3 Å². The van der Waals surface area contributed by atoms with Crippen molar-refractivity contribution in [1.29, 1.82) is 0 Å². The van der Waals surface area contributed by atoms with Gasteiger partial charge in [0.05, 0.1) is 12.1 Å². The molecule has 0 saturated carbocycles. The van der Waals surface area contributed by atoms with E-state index in [1.807, 2.05) is 4.90 Å². The van der Waals surface area contributed by atoms with Crippen molar-refractivity contribution in [1.82, 2.24) is 19.6 Å². The Bertz CT molecular complexity index is 1030. The van der Waals surface area contributed by atoms with E-state index in [-0.39, 0.29) is 29.4 Å². The van der Waals surface area contributed by atoms with Crippen LogP contribution >= 0.6 is 12.4 Å². The minimum Gasteiger partial charge on any atom is -0.383 e. The van der Waals surface area contributed by atoms with Crippen molar-refractivity contribution in [2.45, 2.75) is 90.3 Å². The number of ether oxygens (including phenoxy) is 1. The Morgan fingerprint density at radius 2 is 1.73 bits per heavy atom. The van der Waals surface area contributed by atoms with E-state index >= 15 is 0 Å².